The maximum atomic E-state index is 12.0. The van der Waals surface area contributed by atoms with Gasteiger partial charge >= 0.3 is 0 Å². The van der Waals surface area contributed by atoms with Crippen LogP contribution in [0.1, 0.15) is 29.6 Å². The van der Waals surface area contributed by atoms with Gasteiger partial charge in [-0.05, 0) is 60.1 Å². The molecule has 0 saturated heterocycles. The smallest absolute Gasteiger partial charge is 0.252 e. The molecule has 6 heteroatoms. The minimum atomic E-state index is -0.195. The normalized spacial score (nSPS) is 16.4. The van der Waals surface area contributed by atoms with Crippen molar-refractivity contribution in [2.24, 2.45) is 5.73 Å². The third-order valence-electron chi connectivity index (χ3n) is 3.12. The number of amides is 1. The molecule has 0 aromatic heterocycles. The molecule has 1 amide bonds. The molecular weight excluding hydrogens is 386 g/mol. The highest BCUT2D eigenvalue weighted by molar-refractivity contribution is 14.1. The van der Waals surface area contributed by atoms with Crippen LogP contribution in [0.3, 0.4) is 0 Å². The average Bonchev–Trinajstić information content (AvgIpc) is 2.26. The third kappa shape index (κ3) is 3.73. The number of carbonyl (C=O) groups excluding carboxylic acids is 1. The Morgan fingerprint density at radius 2 is 2.17 bits per heavy atom. The lowest BCUT2D eigenvalue weighted by molar-refractivity contribution is 0.0929. The lowest BCUT2D eigenvalue weighted by Crippen LogP contribution is -2.55. The second kappa shape index (κ2) is 6.41. The maximum Gasteiger partial charge on any atom is 0.252 e. The van der Waals surface area contributed by atoms with Gasteiger partial charge in [0.25, 0.3) is 5.91 Å². The van der Waals surface area contributed by atoms with E-state index in [1.165, 1.54) is 0 Å². The minimum absolute atomic E-state index is 0. The number of carbonyl (C=O) groups is 1. The van der Waals surface area contributed by atoms with Gasteiger partial charge in [-0.15, -0.1) is 12.4 Å². The molecule has 1 aromatic rings. The Labute approximate surface area is 131 Å². The fourth-order valence-corrected chi connectivity index (χ4v) is 2.58. The second-order valence-corrected chi connectivity index (χ2v) is 6.12. The highest BCUT2D eigenvalue weighted by atomic mass is 127. The van der Waals surface area contributed by atoms with Crippen LogP contribution in [0.25, 0.3) is 0 Å². The molecule has 3 N–H and O–H groups in total. The van der Waals surface area contributed by atoms with Crippen LogP contribution in [0.15, 0.2) is 18.2 Å². The number of nitrogens with one attached hydrogen (secondary N) is 1. The zero-order valence-corrected chi connectivity index (χ0v) is 13.4. The summed E-state index contributed by atoms with van der Waals surface area (Å²) in [6.07, 6.45) is 3.13. The van der Waals surface area contributed by atoms with Crippen molar-refractivity contribution in [3.8, 4) is 0 Å². The quantitative estimate of drug-likeness (QED) is 0.766. The molecule has 1 aliphatic rings. The topological polar surface area (TPSA) is 55.1 Å². The largest absolute Gasteiger partial charge is 0.350 e. The number of hydrogen-bond donors (Lipinski definition) is 2. The predicted molar refractivity (Wildman–Crippen MR) is 84.5 cm³/mol. The Kier molecular flexibility index (Phi) is 5.70. The van der Waals surface area contributed by atoms with Gasteiger partial charge in [-0.3, -0.25) is 4.79 Å². The summed E-state index contributed by atoms with van der Waals surface area (Å²) in [5.41, 5.74) is 6.47. The van der Waals surface area contributed by atoms with Crippen molar-refractivity contribution in [2.75, 3.05) is 6.54 Å². The molecule has 1 fully saturated rings. The molecule has 2 rings (SSSR count). The molecule has 0 radical (unpaired) electrons. The molecule has 100 valence electrons. The number of rotatable bonds is 3. The van der Waals surface area contributed by atoms with Crippen molar-refractivity contribution >= 4 is 52.5 Å². The van der Waals surface area contributed by atoms with Crippen molar-refractivity contribution in [2.45, 2.75) is 24.8 Å². The molecule has 0 unspecified atom stereocenters. The van der Waals surface area contributed by atoms with Crippen LogP contribution in [0.4, 0.5) is 0 Å². The van der Waals surface area contributed by atoms with Crippen molar-refractivity contribution in [3.05, 3.63) is 32.4 Å². The van der Waals surface area contributed by atoms with Crippen LogP contribution in [-0.2, 0) is 0 Å². The van der Waals surface area contributed by atoms with Crippen molar-refractivity contribution in [1.82, 2.24) is 5.32 Å². The van der Waals surface area contributed by atoms with E-state index in [1.807, 2.05) is 6.07 Å². The molecular formula is C12H15Cl2IN2O. The summed E-state index contributed by atoms with van der Waals surface area (Å²) in [6, 6.07) is 5.29. The summed E-state index contributed by atoms with van der Waals surface area (Å²) >= 11 is 8.01. The van der Waals surface area contributed by atoms with E-state index in [9.17, 15) is 4.79 Å². The number of halogens is 3. The van der Waals surface area contributed by atoms with Gasteiger partial charge in [0.05, 0.1) is 5.56 Å². The van der Waals surface area contributed by atoms with Crippen molar-refractivity contribution in [1.29, 1.82) is 0 Å². The van der Waals surface area contributed by atoms with E-state index in [2.05, 4.69) is 27.9 Å². The standard InChI is InChI=1S/C12H14ClIN2O.ClH/c13-8-2-3-10(14)9(6-8)11(17)16-7-12(15)4-1-5-12;/h2-3,6H,1,4-5,7,15H2,(H,16,17);1H. The zero-order chi connectivity index (χ0) is 12.5. The molecule has 1 aromatic carbocycles. The van der Waals surface area contributed by atoms with E-state index in [0.717, 1.165) is 22.8 Å². The summed E-state index contributed by atoms with van der Waals surface area (Å²) in [5, 5.41) is 3.45. The van der Waals surface area contributed by atoms with E-state index in [4.69, 9.17) is 17.3 Å². The number of nitrogens with two attached hydrogens (primary N) is 1. The molecule has 18 heavy (non-hydrogen) atoms. The molecule has 0 spiro atoms. The van der Waals surface area contributed by atoms with E-state index >= 15 is 0 Å². The molecule has 0 bridgehead atoms. The molecule has 0 atom stereocenters. The minimum Gasteiger partial charge on any atom is -0.350 e. The Morgan fingerprint density at radius 1 is 1.50 bits per heavy atom. The monoisotopic (exact) mass is 400 g/mol. The van der Waals surface area contributed by atoms with Gasteiger partial charge in [0.1, 0.15) is 0 Å². The van der Waals surface area contributed by atoms with Crippen LogP contribution in [-0.4, -0.2) is 18.0 Å². The fraction of sp³-hybridized carbons (Fsp3) is 0.417. The molecule has 1 saturated carbocycles. The van der Waals surface area contributed by atoms with Crippen molar-refractivity contribution in [3.63, 3.8) is 0 Å². The first-order valence-electron chi connectivity index (χ1n) is 5.52. The van der Waals surface area contributed by atoms with Crippen LogP contribution < -0.4 is 11.1 Å². The van der Waals surface area contributed by atoms with Gasteiger partial charge in [0.2, 0.25) is 0 Å². The Bertz CT molecular complexity index is 450. The molecule has 3 nitrogen and oxygen atoms in total. The Hall–Kier alpha value is -0.0400. The Balaban J connectivity index is 0.00000162. The van der Waals surface area contributed by atoms with E-state index in [1.54, 1.807) is 12.1 Å². The van der Waals surface area contributed by atoms with Crippen LogP contribution in [0.5, 0.6) is 0 Å². The third-order valence-corrected chi connectivity index (χ3v) is 4.30. The highest BCUT2D eigenvalue weighted by Crippen LogP contribution is 2.28. The van der Waals surface area contributed by atoms with Gasteiger partial charge < -0.3 is 11.1 Å². The SMILES string of the molecule is Cl.NC1(CNC(=O)c2cc(Cl)ccc2I)CCC1. The first kappa shape index (κ1) is 16.0. The summed E-state index contributed by atoms with van der Waals surface area (Å²) < 4.78 is 0.893. The lowest BCUT2D eigenvalue weighted by atomic mass is 9.78. The van der Waals surface area contributed by atoms with E-state index in [-0.39, 0.29) is 23.9 Å². The van der Waals surface area contributed by atoms with Crippen LogP contribution >= 0.6 is 46.6 Å². The van der Waals surface area contributed by atoms with Gasteiger partial charge in [0.15, 0.2) is 0 Å². The maximum absolute atomic E-state index is 12.0. The average molecular weight is 401 g/mol. The summed E-state index contributed by atoms with van der Waals surface area (Å²) in [7, 11) is 0. The lowest BCUT2D eigenvalue weighted by Gasteiger charge is -2.38. The fourth-order valence-electron chi connectivity index (χ4n) is 1.83. The predicted octanol–water partition coefficient (Wildman–Crippen LogP) is 2.98. The van der Waals surface area contributed by atoms with Crippen LogP contribution in [0.2, 0.25) is 5.02 Å². The van der Waals surface area contributed by atoms with Gasteiger partial charge in [0, 0.05) is 20.7 Å². The van der Waals surface area contributed by atoms with Crippen LogP contribution in [0, 0.1) is 3.57 Å². The zero-order valence-electron chi connectivity index (χ0n) is 9.71. The first-order chi connectivity index (χ1) is 8.00. The Morgan fingerprint density at radius 3 is 2.72 bits per heavy atom. The summed E-state index contributed by atoms with van der Waals surface area (Å²) in [4.78, 5) is 12.0. The summed E-state index contributed by atoms with van der Waals surface area (Å²) in [6.45, 7) is 0.536. The first-order valence-corrected chi connectivity index (χ1v) is 6.98. The number of hydrogen-bond acceptors (Lipinski definition) is 2. The van der Waals surface area contributed by atoms with Gasteiger partial charge in [-0.2, -0.15) is 0 Å². The van der Waals surface area contributed by atoms with E-state index in [0.29, 0.717) is 17.1 Å². The van der Waals surface area contributed by atoms with Gasteiger partial charge in [-0.1, -0.05) is 11.6 Å². The van der Waals surface area contributed by atoms with Crippen molar-refractivity contribution < 1.29 is 4.79 Å². The number of benzene rings is 1. The van der Waals surface area contributed by atoms with E-state index < -0.39 is 0 Å². The second-order valence-electron chi connectivity index (χ2n) is 4.52. The molecule has 0 heterocycles. The molecule has 0 aliphatic heterocycles. The molecule has 1 aliphatic carbocycles. The van der Waals surface area contributed by atoms with Gasteiger partial charge in [-0.25, -0.2) is 0 Å². The summed E-state index contributed by atoms with van der Waals surface area (Å²) in [5.74, 6) is -0.103. The highest BCUT2D eigenvalue weighted by Gasteiger charge is 2.32.